The third-order valence-corrected chi connectivity index (χ3v) is 5.17. The summed E-state index contributed by atoms with van der Waals surface area (Å²) in [5.41, 5.74) is 1.99. The van der Waals surface area contributed by atoms with Crippen molar-refractivity contribution in [3.8, 4) is 28.6 Å². The third kappa shape index (κ3) is 6.43. The number of aromatic nitrogens is 3. The number of nitrogens with one attached hydrogen (secondary N) is 2. The molecule has 1 atom stereocenters. The van der Waals surface area contributed by atoms with Gasteiger partial charge >= 0.3 is 0 Å². The average molecular weight is 499 g/mol. The number of nitrogens with zero attached hydrogens (tertiary/aromatic N) is 3. The molecule has 0 bridgehead atoms. The molecule has 0 aliphatic carbocycles. The van der Waals surface area contributed by atoms with E-state index in [0.29, 0.717) is 64.9 Å². The van der Waals surface area contributed by atoms with Crippen LogP contribution in [0.1, 0.15) is 26.5 Å². The lowest BCUT2D eigenvalue weighted by Gasteiger charge is -2.19. The first-order chi connectivity index (χ1) is 16.8. The fraction of sp³-hybridized carbons (Fsp3) is 0.304. The van der Waals surface area contributed by atoms with Crippen molar-refractivity contribution >= 4 is 34.3 Å². The highest BCUT2D eigenvalue weighted by Crippen LogP contribution is 2.35. The Morgan fingerprint density at radius 3 is 2.71 bits per heavy atom. The van der Waals surface area contributed by atoms with Gasteiger partial charge in [-0.3, -0.25) is 9.00 Å². The first-order valence-corrected chi connectivity index (χ1v) is 12.1. The highest BCUT2D eigenvalue weighted by molar-refractivity contribution is 7.78. The Balaban J connectivity index is 1.76. The van der Waals surface area contributed by atoms with E-state index in [9.17, 15) is 13.6 Å². The number of amides is 1. The summed E-state index contributed by atoms with van der Waals surface area (Å²) in [6.45, 7) is 5.96. The number of hydrogen-bond donors (Lipinski definition) is 2. The Kier molecular flexibility index (Phi) is 7.42. The van der Waals surface area contributed by atoms with Gasteiger partial charge in [-0.15, -0.1) is 0 Å². The minimum Gasteiger partial charge on any atom is -0.772 e. The topological polar surface area (TPSA) is 148 Å². The van der Waals surface area contributed by atoms with Crippen LogP contribution in [0, 0.1) is 0 Å². The molecule has 0 saturated heterocycles. The Bertz CT molecular complexity index is 1270. The van der Waals surface area contributed by atoms with Crippen LogP contribution in [0.3, 0.4) is 0 Å². The molecule has 184 valence electrons. The van der Waals surface area contributed by atoms with Crippen molar-refractivity contribution in [3.63, 3.8) is 0 Å². The number of carbonyl (C=O) groups excluding carboxylic acids is 1. The van der Waals surface area contributed by atoms with Gasteiger partial charge in [0, 0.05) is 36.9 Å². The number of ether oxygens (including phenoxy) is 3. The van der Waals surface area contributed by atoms with Gasteiger partial charge in [-0.25, -0.2) is 15.0 Å². The molecule has 12 heteroatoms. The molecule has 2 N–H and O–H groups in total. The molecule has 0 spiro atoms. The Hall–Kier alpha value is -3.77. The van der Waals surface area contributed by atoms with Gasteiger partial charge in [0.05, 0.1) is 28.9 Å². The van der Waals surface area contributed by atoms with Gasteiger partial charge in [-0.1, -0.05) is 0 Å². The molecule has 11 nitrogen and oxygen atoms in total. The zero-order valence-electron chi connectivity index (χ0n) is 19.4. The van der Waals surface area contributed by atoms with Gasteiger partial charge < -0.3 is 29.4 Å². The van der Waals surface area contributed by atoms with Crippen LogP contribution in [0.5, 0.6) is 17.4 Å². The molecular formula is C23H24N5O6S-. The second-order valence-corrected chi connectivity index (χ2v) is 8.81. The van der Waals surface area contributed by atoms with Crippen molar-refractivity contribution in [1.29, 1.82) is 0 Å². The molecule has 0 aromatic carbocycles. The van der Waals surface area contributed by atoms with Crippen LogP contribution < -0.4 is 24.8 Å². The maximum atomic E-state index is 11.6. The quantitative estimate of drug-likeness (QED) is 0.444. The molecule has 3 aromatic rings. The molecular weight excluding hydrogens is 474 g/mol. The van der Waals surface area contributed by atoms with Gasteiger partial charge in [0.15, 0.2) is 5.75 Å². The van der Waals surface area contributed by atoms with Gasteiger partial charge in [0.2, 0.25) is 5.91 Å². The standard InChI is InChI=1S/C23H25N5O6S/c1-13(2)34-16-8-15(12-35(30)31)26-22(9-16)27-19-10-21(25-14(3)29)24-11-17(19)18-4-5-20-23(28-18)33-7-6-32-20/h4-5,8-11,13H,6-7,12H2,1-3H3,(H,30,31)(H2,24,25,26,27,29)/p-1. The second-order valence-electron chi connectivity index (χ2n) is 7.91. The monoisotopic (exact) mass is 498 g/mol. The molecule has 35 heavy (non-hydrogen) atoms. The van der Waals surface area contributed by atoms with Gasteiger partial charge in [-0.05, 0) is 37.1 Å². The Labute approximate surface area is 204 Å². The first-order valence-electron chi connectivity index (χ1n) is 10.8. The molecule has 1 aliphatic heterocycles. The molecule has 1 unspecified atom stereocenters. The largest absolute Gasteiger partial charge is 0.772 e. The van der Waals surface area contributed by atoms with Gasteiger partial charge in [0.25, 0.3) is 5.88 Å². The van der Waals surface area contributed by atoms with Crippen LogP contribution in [0.4, 0.5) is 17.3 Å². The molecule has 4 heterocycles. The molecule has 0 radical (unpaired) electrons. The minimum absolute atomic E-state index is 0.124. The number of fused-ring (bicyclic) bond motifs is 1. The lowest BCUT2D eigenvalue weighted by Crippen LogP contribution is -2.16. The summed E-state index contributed by atoms with van der Waals surface area (Å²) in [6.07, 6.45) is 1.44. The van der Waals surface area contributed by atoms with Crippen molar-refractivity contribution in [3.05, 3.63) is 42.2 Å². The summed E-state index contributed by atoms with van der Waals surface area (Å²) in [7, 11) is 0. The first kappa shape index (κ1) is 24.4. The Morgan fingerprint density at radius 2 is 1.97 bits per heavy atom. The fourth-order valence-corrected chi connectivity index (χ4v) is 3.78. The van der Waals surface area contributed by atoms with E-state index >= 15 is 0 Å². The number of hydrogen-bond acceptors (Lipinski definition) is 10. The van der Waals surface area contributed by atoms with Crippen molar-refractivity contribution in [2.75, 3.05) is 23.8 Å². The van der Waals surface area contributed by atoms with E-state index in [0.717, 1.165) is 0 Å². The summed E-state index contributed by atoms with van der Waals surface area (Å²) in [5.74, 6) is 1.50. The molecule has 0 saturated carbocycles. The smallest absolute Gasteiger partial charge is 0.257 e. The lowest BCUT2D eigenvalue weighted by atomic mass is 10.1. The Morgan fingerprint density at radius 1 is 1.17 bits per heavy atom. The highest BCUT2D eigenvalue weighted by atomic mass is 32.2. The predicted molar refractivity (Wildman–Crippen MR) is 129 cm³/mol. The summed E-state index contributed by atoms with van der Waals surface area (Å²) in [6, 6.07) is 8.42. The summed E-state index contributed by atoms with van der Waals surface area (Å²) < 4.78 is 39.5. The van der Waals surface area contributed by atoms with Crippen molar-refractivity contribution in [2.24, 2.45) is 0 Å². The van der Waals surface area contributed by atoms with Crippen molar-refractivity contribution in [1.82, 2.24) is 15.0 Å². The van der Waals surface area contributed by atoms with E-state index in [-0.39, 0.29) is 17.8 Å². The van der Waals surface area contributed by atoms with Crippen molar-refractivity contribution in [2.45, 2.75) is 32.6 Å². The van der Waals surface area contributed by atoms with E-state index in [4.69, 9.17) is 14.2 Å². The third-order valence-electron chi connectivity index (χ3n) is 4.64. The van der Waals surface area contributed by atoms with E-state index in [1.165, 1.54) is 6.92 Å². The molecule has 1 aliphatic rings. The van der Waals surface area contributed by atoms with Crippen LogP contribution >= 0.6 is 0 Å². The minimum atomic E-state index is -2.33. The normalized spacial score (nSPS) is 13.3. The number of rotatable bonds is 8. The number of carbonyl (C=O) groups is 1. The predicted octanol–water partition coefficient (Wildman–Crippen LogP) is 3.18. The van der Waals surface area contributed by atoms with Crippen LogP contribution in [-0.2, 0) is 21.6 Å². The van der Waals surface area contributed by atoms with Crippen molar-refractivity contribution < 1.29 is 27.8 Å². The van der Waals surface area contributed by atoms with E-state index in [2.05, 4.69) is 25.6 Å². The zero-order chi connectivity index (χ0) is 24.9. The average Bonchev–Trinajstić information content (AvgIpc) is 2.77. The number of anilines is 3. The summed E-state index contributed by atoms with van der Waals surface area (Å²) in [5, 5.41) is 5.85. The molecule has 4 rings (SSSR count). The van der Waals surface area contributed by atoms with Crippen LogP contribution in [-0.4, -0.2) is 48.9 Å². The van der Waals surface area contributed by atoms with Crippen LogP contribution in [0.15, 0.2) is 36.5 Å². The maximum Gasteiger partial charge on any atom is 0.257 e. The van der Waals surface area contributed by atoms with Crippen LogP contribution in [0.25, 0.3) is 11.3 Å². The lowest BCUT2D eigenvalue weighted by molar-refractivity contribution is -0.114. The molecule has 3 aromatic heterocycles. The maximum absolute atomic E-state index is 11.6. The molecule has 1 amide bonds. The fourth-order valence-electron chi connectivity index (χ4n) is 3.39. The zero-order valence-corrected chi connectivity index (χ0v) is 20.2. The second kappa shape index (κ2) is 10.7. The SMILES string of the molecule is CC(=O)Nc1cc(Nc2cc(OC(C)C)cc(CS(=O)[O-])n2)c(-c2ccc3c(n2)OCCO3)cn1. The molecule has 0 fully saturated rings. The van der Waals surface area contributed by atoms with E-state index < -0.39 is 11.1 Å². The van der Waals surface area contributed by atoms with E-state index in [1.54, 1.807) is 36.5 Å². The van der Waals surface area contributed by atoms with Gasteiger partial charge in [-0.2, -0.15) is 0 Å². The van der Waals surface area contributed by atoms with Crippen LogP contribution in [0.2, 0.25) is 0 Å². The van der Waals surface area contributed by atoms with Gasteiger partial charge in [0.1, 0.15) is 30.6 Å². The summed E-state index contributed by atoms with van der Waals surface area (Å²) in [4.78, 5) is 24.9. The van der Waals surface area contributed by atoms with E-state index in [1.807, 2.05) is 13.8 Å². The number of pyridine rings is 3. The summed E-state index contributed by atoms with van der Waals surface area (Å²) >= 11 is -2.33. The highest BCUT2D eigenvalue weighted by Gasteiger charge is 2.18.